The van der Waals surface area contributed by atoms with E-state index in [0.29, 0.717) is 6.04 Å². The lowest BCUT2D eigenvalue weighted by Crippen LogP contribution is -2.33. The summed E-state index contributed by atoms with van der Waals surface area (Å²) in [5, 5.41) is 3.74. The highest BCUT2D eigenvalue weighted by molar-refractivity contribution is 5.28. The molecule has 2 atom stereocenters. The molecule has 0 aliphatic heterocycles. The molecule has 116 valence electrons. The van der Waals surface area contributed by atoms with Crippen molar-refractivity contribution < 1.29 is 0 Å². The van der Waals surface area contributed by atoms with Crippen LogP contribution in [0.4, 0.5) is 0 Å². The maximum atomic E-state index is 4.55. The summed E-state index contributed by atoms with van der Waals surface area (Å²) in [6.45, 7) is 2.23. The summed E-state index contributed by atoms with van der Waals surface area (Å²) in [4.78, 5) is 4.55. The fraction of sp³-hybridized carbons (Fsp3) is 0.190. The summed E-state index contributed by atoms with van der Waals surface area (Å²) in [7, 11) is 0. The molecule has 0 fully saturated rings. The molecule has 2 heteroatoms. The maximum absolute atomic E-state index is 4.55. The van der Waals surface area contributed by atoms with E-state index in [2.05, 4.69) is 77.9 Å². The Kier molecular flexibility index (Phi) is 5.17. The quantitative estimate of drug-likeness (QED) is 0.730. The van der Waals surface area contributed by atoms with Gasteiger partial charge in [0.15, 0.2) is 0 Å². The minimum absolute atomic E-state index is 0.108. The largest absolute Gasteiger partial charge is 0.302 e. The molecule has 0 saturated carbocycles. The second kappa shape index (κ2) is 7.70. The predicted molar refractivity (Wildman–Crippen MR) is 95.3 cm³/mol. The SMILES string of the molecule is CC(Cc1ccccc1)NC(c1ccccc1)c1ccccn1. The Balaban J connectivity index is 1.79. The van der Waals surface area contributed by atoms with E-state index in [0.717, 1.165) is 12.1 Å². The first kappa shape index (κ1) is 15.4. The topological polar surface area (TPSA) is 24.9 Å². The van der Waals surface area contributed by atoms with Crippen molar-refractivity contribution in [3.8, 4) is 0 Å². The van der Waals surface area contributed by atoms with Gasteiger partial charge in [-0.1, -0.05) is 66.7 Å². The summed E-state index contributed by atoms with van der Waals surface area (Å²) in [5.74, 6) is 0. The van der Waals surface area contributed by atoms with Crippen LogP contribution in [0.2, 0.25) is 0 Å². The third-order valence-electron chi connectivity index (χ3n) is 3.95. The lowest BCUT2D eigenvalue weighted by molar-refractivity contribution is 0.489. The Labute approximate surface area is 138 Å². The van der Waals surface area contributed by atoms with Crippen LogP contribution in [0.1, 0.15) is 29.8 Å². The van der Waals surface area contributed by atoms with E-state index >= 15 is 0 Å². The first-order valence-electron chi connectivity index (χ1n) is 8.09. The second-order valence-corrected chi connectivity index (χ2v) is 5.86. The third kappa shape index (κ3) is 4.27. The van der Waals surface area contributed by atoms with E-state index < -0.39 is 0 Å². The van der Waals surface area contributed by atoms with Crippen molar-refractivity contribution in [3.63, 3.8) is 0 Å². The molecule has 0 saturated heterocycles. The molecule has 3 rings (SSSR count). The number of hydrogen-bond donors (Lipinski definition) is 1. The second-order valence-electron chi connectivity index (χ2n) is 5.86. The molecule has 0 radical (unpaired) electrons. The van der Waals surface area contributed by atoms with Crippen LogP contribution in [0.25, 0.3) is 0 Å². The lowest BCUT2D eigenvalue weighted by atomic mass is 10.00. The molecule has 0 spiro atoms. The highest BCUT2D eigenvalue weighted by Crippen LogP contribution is 2.21. The van der Waals surface area contributed by atoms with Crippen LogP contribution in [0.5, 0.6) is 0 Å². The Morgan fingerprint density at radius 2 is 1.48 bits per heavy atom. The summed E-state index contributed by atoms with van der Waals surface area (Å²) < 4.78 is 0. The number of aromatic nitrogens is 1. The van der Waals surface area contributed by atoms with Gasteiger partial charge in [-0.25, -0.2) is 0 Å². The number of nitrogens with zero attached hydrogens (tertiary/aromatic N) is 1. The normalized spacial score (nSPS) is 13.4. The molecular formula is C21H22N2. The maximum Gasteiger partial charge on any atom is 0.0753 e. The molecule has 2 nitrogen and oxygen atoms in total. The van der Waals surface area contributed by atoms with Crippen LogP contribution in [0.3, 0.4) is 0 Å². The molecule has 1 N–H and O–H groups in total. The lowest BCUT2D eigenvalue weighted by Gasteiger charge is -2.23. The zero-order valence-corrected chi connectivity index (χ0v) is 13.4. The Morgan fingerprint density at radius 1 is 0.826 bits per heavy atom. The number of benzene rings is 2. The van der Waals surface area contributed by atoms with Crippen LogP contribution < -0.4 is 5.32 Å². The summed E-state index contributed by atoms with van der Waals surface area (Å²) in [6.07, 6.45) is 2.85. The van der Waals surface area contributed by atoms with Crippen LogP contribution >= 0.6 is 0 Å². The van der Waals surface area contributed by atoms with Crippen molar-refractivity contribution in [1.82, 2.24) is 10.3 Å². The molecule has 23 heavy (non-hydrogen) atoms. The molecule has 0 bridgehead atoms. The summed E-state index contributed by atoms with van der Waals surface area (Å²) in [6, 6.07) is 27.7. The minimum atomic E-state index is 0.108. The first-order chi connectivity index (χ1) is 11.3. The van der Waals surface area contributed by atoms with Crippen molar-refractivity contribution >= 4 is 0 Å². The number of hydrogen-bond acceptors (Lipinski definition) is 2. The summed E-state index contributed by atoms with van der Waals surface area (Å²) in [5.41, 5.74) is 3.64. The van der Waals surface area contributed by atoms with E-state index in [4.69, 9.17) is 0 Å². The number of pyridine rings is 1. The molecule has 3 aromatic rings. The average molecular weight is 302 g/mol. The molecule has 0 aliphatic rings. The smallest absolute Gasteiger partial charge is 0.0753 e. The Morgan fingerprint density at radius 3 is 2.13 bits per heavy atom. The molecule has 2 aromatic carbocycles. The average Bonchev–Trinajstić information content (AvgIpc) is 2.62. The highest BCUT2D eigenvalue weighted by atomic mass is 15.0. The number of rotatable bonds is 6. The van der Waals surface area contributed by atoms with Gasteiger partial charge >= 0.3 is 0 Å². The number of nitrogens with one attached hydrogen (secondary N) is 1. The van der Waals surface area contributed by atoms with Gasteiger partial charge < -0.3 is 5.32 Å². The van der Waals surface area contributed by atoms with Crippen molar-refractivity contribution in [2.24, 2.45) is 0 Å². The van der Waals surface area contributed by atoms with E-state index in [1.165, 1.54) is 11.1 Å². The van der Waals surface area contributed by atoms with Crippen molar-refractivity contribution in [3.05, 3.63) is 102 Å². The van der Waals surface area contributed by atoms with Crippen molar-refractivity contribution in [1.29, 1.82) is 0 Å². The molecule has 0 amide bonds. The molecule has 2 unspecified atom stereocenters. The standard InChI is InChI=1S/C21H22N2/c1-17(16-18-10-4-2-5-11-18)23-21(19-12-6-3-7-13-19)20-14-8-9-15-22-20/h2-15,17,21,23H,16H2,1H3. The van der Waals surface area contributed by atoms with Crippen LogP contribution in [0.15, 0.2) is 85.1 Å². The zero-order chi connectivity index (χ0) is 15.9. The third-order valence-corrected chi connectivity index (χ3v) is 3.95. The highest BCUT2D eigenvalue weighted by Gasteiger charge is 2.17. The van der Waals surface area contributed by atoms with Crippen molar-refractivity contribution in [2.45, 2.75) is 25.4 Å². The predicted octanol–water partition coefficient (Wildman–Crippen LogP) is 4.39. The van der Waals surface area contributed by atoms with Gasteiger partial charge in [-0.05, 0) is 36.6 Å². The Bertz CT molecular complexity index is 656. The summed E-state index contributed by atoms with van der Waals surface area (Å²) >= 11 is 0. The molecular weight excluding hydrogens is 280 g/mol. The van der Waals surface area contributed by atoms with Gasteiger partial charge in [0.25, 0.3) is 0 Å². The molecule has 1 aromatic heterocycles. The van der Waals surface area contributed by atoms with Gasteiger partial charge in [-0.2, -0.15) is 0 Å². The monoisotopic (exact) mass is 302 g/mol. The minimum Gasteiger partial charge on any atom is -0.302 e. The van der Waals surface area contributed by atoms with E-state index in [1.54, 1.807) is 0 Å². The van der Waals surface area contributed by atoms with Gasteiger partial charge in [0.05, 0.1) is 11.7 Å². The fourth-order valence-corrected chi connectivity index (χ4v) is 2.86. The molecule has 0 aliphatic carbocycles. The van der Waals surface area contributed by atoms with Crippen LogP contribution in [-0.2, 0) is 6.42 Å². The fourth-order valence-electron chi connectivity index (χ4n) is 2.86. The van der Waals surface area contributed by atoms with E-state index in [-0.39, 0.29) is 6.04 Å². The van der Waals surface area contributed by atoms with Gasteiger partial charge in [0.1, 0.15) is 0 Å². The van der Waals surface area contributed by atoms with Gasteiger partial charge in [-0.15, -0.1) is 0 Å². The van der Waals surface area contributed by atoms with E-state index in [9.17, 15) is 0 Å². The van der Waals surface area contributed by atoms with Crippen molar-refractivity contribution in [2.75, 3.05) is 0 Å². The van der Waals surface area contributed by atoms with Crippen LogP contribution in [0, 0.1) is 0 Å². The first-order valence-corrected chi connectivity index (χ1v) is 8.09. The van der Waals surface area contributed by atoms with Gasteiger partial charge in [-0.3, -0.25) is 4.98 Å². The Hall–Kier alpha value is -2.45. The van der Waals surface area contributed by atoms with Crippen LogP contribution in [-0.4, -0.2) is 11.0 Å². The zero-order valence-electron chi connectivity index (χ0n) is 13.4. The van der Waals surface area contributed by atoms with Gasteiger partial charge in [0, 0.05) is 12.2 Å². The van der Waals surface area contributed by atoms with E-state index in [1.807, 2.05) is 24.4 Å². The van der Waals surface area contributed by atoms with Gasteiger partial charge in [0.2, 0.25) is 0 Å². The molecule has 1 heterocycles.